The third-order valence-electron chi connectivity index (χ3n) is 1.84. The lowest BCUT2D eigenvalue weighted by Gasteiger charge is -2.12. The van der Waals surface area contributed by atoms with E-state index in [1.807, 2.05) is 0 Å². The summed E-state index contributed by atoms with van der Waals surface area (Å²) in [7, 11) is 0. The van der Waals surface area contributed by atoms with Crippen molar-refractivity contribution in [2.24, 2.45) is 5.73 Å². The number of hydrogen-bond acceptors (Lipinski definition) is 1. The van der Waals surface area contributed by atoms with Gasteiger partial charge in [-0.05, 0) is 23.8 Å². The minimum atomic E-state index is -4.39. The van der Waals surface area contributed by atoms with Gasteiger partial charge in [-0.2, -0.15) is 13.2 Å². The minimum absolute atomic E-state index is 0.257. The normalized spacial score (nSPS) is 13.3. The van der Waals surface area contributed by atoms with E-state index in [-0.39, 0.29) is 5.56 Å². The average Bonchev–Trinajstić information content (AvgIpc) is 2.15. The van der Waals surface area contributed by atoms with Crippen LogP contribution in [-0.2, 0) is 6.18 Å². The van der Waals surface area contributed by atoms with Crippen LogP contribution < -0.4 is 5.73 Å². The zero-order chi connectivity index (χ0) is 11.6. The van der Waals surface area contributed by atoms with Crippen LogP contribution in [0.2, 0.25) is 0 Å². The highest BCUT2D eigenvalue weighted by Crippen LogP contribution is 2.33. The number of hydrogen-bond donors (Lipinski definition) is 1. The van der Waals surface area contributed by atoms with Crippen molar-refractivity contribution in [2.75, 3.05) is 0 Å². The van der Waals surface area contributed by atoms with Crippen LogP contribution >= 0.6 is 15.9 Å². The Morgan fingerprint density at radius 1 is 1.40 bits per heavy atom. The Morgan fingerprint density at radius 2 is 2.00 bits per heavy atom. The third kappa shape index (κ3) is 2.74. The van der Waals surface area contributed by atoms with E-state index in [1.165, 1.54) is 6.07 Å². The molecule has 1 nitrogen and oxygen atoms in total. The molecule has 5 heteroatoms. The van der Waals surface area contributed by atoms with Gasteiger partial charge in [0.1, 0.15) is 0 Å². The summed E-state index contributed by atoms with van der Waals surface area (Å²) in [6.45, 7) is 0. The van der Waals surface area contributed by atoms with Gasteiger partial charge in [-0.15, -0.1) is 6.42 Å². The maximum Gasteiger partial charge on any atom is 0.416 e. The largest absolute Gasteiger partial charge is 0.416 e. The number of rotatable bonds is 1. The Bertz CT molecular complexity index is 406. The molecule has 1 atom stereocenters. The van der Waals surface area contributed by atoms with Crippen LogP contribution in [0.4, 0.5) is 13.2 Å². The van der Waals surface area contributed by atoms with Gasteiger partial charge < -0.3 is 5.73 Å². The summed E-state index contributed by atoms with van der Waals surface area (Å²) in [5.74, 6) is 2.18. The minimum Gasteiger partial charge on any atom is -0.314 e. The first kappa shape index (κ1) is 12.1. The van der Waals surface area contributed by atoms with Crippen molar-refractivity contribution in [3.8, 4) is 12.3 Å². The van der Waals surface area contributed by atoms with Crippen LogP contribution in [0, 0.1) is 12.3 Å². The lowest BCUT2D eigenvalue weighted by atomic mass is 10.0. The van der Waals surface area contributed by atoms with Gasteiger partial charge in [0.2, 0.25) is 0 Å². The van der Waals surface area contributed by atoms with Gasteiger partial charge in [-0.25, -0.2) is 0 Å². The molecule has 80 valence electrons. The first-order valence-electron chi connectivity index (χ1n) is 3.94. The van der Waals surface area contributed by atoms with Gasteiger partial charge in [-0.3, -0.25) is 0 Å². The molecule has 1 aromatic rings. The van der Waals surface area contributed by atoms with Gasteiger partial charge in [0.05, 0.1) is 11.6 Å². The van der Waals surface area contributed by atoms with Crippen molar-refractivity contribution in [1.29, 1.82) is 0 Å². The molecular formula is C10H7BrF3N. The fraction of sp³-hybridized carbons (Fsp3) is 0.200. The second-order valence-electron chi connectivity index (χ2n) is 2.88. The van der Waals surface area contributed by atoms with Crippen molar-refractivity contribution in [3.63, 3.8) is 0 Å². The summed E-state index contributed by atoms with van der Waals surface area (Å²) in [5.41, 5.74) is 4.97. The Kier molecular flexibility index (Phi) is 3.42. The van der Waals surface area contributed by atoms with Gasteiger partial charge in [0.15, 0.2) is 0 Å². The molecule has 0 bridgehead atoms. The Balaban J connectivity index is 3.24. The van der Waals surface area contributed by atoms with E-state index >= 15 is 0 Å². The van der Waals surface area contributed by atoms with E-state index < -0.39 is 17.8 Å². The number of nitrogens with two attached hydrogens (primary N) is 1. The molecule has 0 radical (unpaired) electrons. The molecule has 2 N–H and O–H groups in total. The highest BCUT2D eigenvalue weighted by molar-refractivity contribution is 9.10. The molecule has 0 heterocycles. The van der Waals surface area contributed by atoms with Gasteiger partial charge >= 0.3 is 6.18 Å². The molecule has 1 unspecified atom stereocenters. The zero-order valence-electron chi connectivity index (χ0n) is 7.48. The predicted octanol–water partition coefficient (Wildman–Crippen LogP) is 3.10. The molecule has 0 aliphatic heterocycles. The molecule has 0 amide bonds. The molecule has 0 spiro atoms. The van der Waals surface area contributed by atoms with Crippen LogP contribution in [-0.4, -0.2) is 0 Å². The number of alkyl halides is 3. The predicted molar refractivity (Wildman–Crippen MR) is 54.9 cm³/mol. The van der Waals surface area contributed by atoms with Crippen LogP contribution in [0.3, 0.4) is 0 Å². The lowest BCUT2D eigenvalue weighted by molar-refractivity contribution is -0.137. The fourth-order valence-electron chi connectivity index (χ4n) is 1.05. The van der Waals surface area contributed by atoms with Crippen molar-refractivity contribution in [3.05, 3.63) is 33.8 Å². The Labute approximate surface area is 93.6 Å². The summed E-state index contributed by atoms with van der Waals surface area (Å²) < 4.78 is 37.6. The quantitative estimate of drug-likeness (QED) is 0.785. The van der Waals surface area contributed by atoms with Crippen LogP contribution in [0.25, 0.3) is 0 Å². The molecule has 0 saturated carbocycles. The molecule has 1 rings (SSSR count). The molecule has 0 saturated heterocycles. The molecule has 15 heavy (non-hydrogen) atoms. The van der Waals surface area contributed by atoms with Crippen molar-refractivity contribution in [2.45, 2.75) is 12.2 Å². The van der Waals surface area contributed by atoms with E-state index in [4.69, 9.17) is 12.2 Å². The van der Waals surface area contributed by atoms with Crippen molar-refractivity contribution >= 4 is 15.9 Å². The number of terminal acetylenes is 1. The molecule has 0 fully saturated rings. The van der Waals surface area contributed by atoms with Crippen LogP contribution in [0.1, 0.15) is 17.2 Å². The smallest absolute Gasteiger partial charge is 0.314 e. The Hall–Kier alpha value is -0.990. The maximum absolute atomic E-state index is 12.4. The topological polar surface area (TPSA) is 26.0 Å². The Morgan fingerprint density at radius 3 is 2.47 bits per heavy atom. The monoisotopic (exact) mass is 277 g/mol. The third-order valence-corrected chi connectivity index (χ3v) is 2.56. The molecule has 0 aliphatic carbocycles. The second-order valence-corrected chi connectivity index (χ2v) is 3.73. The molecule has 1 aromatic carbocycles. The van der Waals surface area contributed by atoms with E-state index in [0.717, 1.165) is 12.1 Å². The van der Waals surface area contributed by atoms with Gasteiger partial charge in [-0.1, -0.05) is 21.9 Å². The number of benzene rings is 1. The molecule has 0 aromatic heterocycles. The highest BCUT2D eigenvalue weighted by atomic mass is 79.9. The standard InChI is InChI=1S/C10H7BrF3N/c1-2-9(15)7-5-6(10(12,13)14)3-4-8(7)11/h1,3-5,9H,15H2. The summed E-state index contributed by atoms with van der Waals surface area (Å²) >= 11 is 3.10. The first-order chi connectivity index (χ1) is 6.86. The van der Waals surface area contributed by atoms with Crippen LogP contribution in [0.5, 0.6) is 0 Å². The van der Waals surface area contributed by atoms with E-state index in [2.05, 4.69) is 21.9 Å². The summed E-state index contributed by atoms with van der Waals surface area (Å²) in [6.07, 6.45) is 0.670. The highest BCUT2D eigenvalue weighted by Gasteiger charge is 2.31. The van der Waals surface area contributed by atoms with Gasteiger partial charge in [0.25, 0.3) is 0 Å². The average molecular weight is 278 g/mol. The molecule has 0 aliphatic rings. The maximum atomic E-state index is 12.4. The van der Waals surface area contributed by atoms with Crippen molar-refractivity contribution < 1.29 is 13.2 Å². The van der Waals surface area contributed by atoms with E-state index in [9.17, 15) is 13.2 Å². The summed E-state index contributed by atoms with van der Waals surface area (Å²) in [6, 6.07) is 2.36. The molecular weight excluding hydrogens is 271 g/mol. The first-order valence-corrected chi connectivity index (χ1v) is 4.74. The number of halogens is 4. The van der Waals surface area contributed by atoms with E-state index in [0.29, 0.717) is 4.47 Å². The van der Waals surface area contributed by atoms with Crippen LogP contribution in [0.15, 0.2) is 22.7 Å². The summed E-state index contributed by atoms with van der Waals surface area (Å²) in [5, 5.41) is 0. The van der Waals surface area contributed by atoms with Crippen molar-refractivity contribution in [1.82, 2.24) is 0 Å². The second kappa shape index (κ2) is 4.25. The van der Waals surface area contributed by atoms with E-state index in [1.54, 1.807) is 0 Å². The van der Waals surface area contributed by atoms with Gasteiger partial charge in [0, 0.05) is 4.47 Å². The zero-order valence-corrected chi connectivity index (χ0v) is 9.06. The fourth-order valence-corrected chi connectivity index (χ4v) is 1.54. The summed E-state index contributed by atoms with van der Waals surface area (Å²) in [4.78, 5) is 0. The lowest BCUT2D eigenvalue weighted by Crippen LogP contribution is -2.11. The SMILES string of the molecule is C#CC(N)c1cc(C(F)(F)F)ccc1Br.